The Morgan fingerprint density at radius 3 is 2.79 bits per heavy atom. The van der Waals surface area contributed by atoms with Crippen LogP contribution in [0.4, 0.5) is 0 Å². The van der Waals surface area contributed by atoms with Crippen LogP contribution in [-0.2, 0) is 16.4 Å². The van der Waals surface area contributed by atoms with Crippen molar-refractivity contribution in [2.75, 3.05) is 19.3 Å². The zero-order valence-electron chi connectivity index (χ0n) is 10.7. The molecule has 1 N–H and O–H groups in total. The fraction of sp³-hybridized carbons (Fsp3) is 0.462. The van der Waals surface area contributed by atoms with E-state index in [1.54, 1.807) is 18.2 Å². The summed E-state index contributed by atoms with van der Waals surface area (Å²) in [5, 5.41) is 8.93. The summed E-state index contributed by atoms with van der Waals surface area (Å²) in [6.45, 7) is 1.08. The fourth-order valence-corrected chi connectivity index (χ4v) is 3.35. The van der Waals surface area contributed by atoms with Crippen LogP contribution in [0.5, 0.6) is 0 Å². The Kier molecular flexibility index (Phi) is 3.91. The lowest BCUT2D eigenvalue weighted by Crippen LogP contribution is -2.27. The molecule has 5 nitrogen and oxygen atoms in total. The van der Waals surface area contributed by atoms with Crippen molar-refractivity contribution in [3.05, 3.63) is 35.4 Å². The molecule has 0 spiro atoms. The predicted octanol–water partition coefficient (Wildman–Crippen LogP) is 1.21. The quantitative estimate of drug-likeness (QED) is 0.901. The second-order valence-corrected chi connectivity index (χ2v) is 6.97. The van der Waals surface area contributed by atoms with E-state index < -0.39 is 16.0 Å². The van der Waals surface area contributed by atoms with Gasteiger partial charge in [-0.3, -0.25) is 0 Å². The van der Waals surface area contributed by atoms with Crippen LogP contribution in [0.1, 0.15) is 22.3 Å². The summed E-state index contributed by atoms with van der Waals surface area (Å²) in [7, 11) is -3.11. The Balaban J connectivity index is 2.03. The molecule has 0 aliphatic carbocycles. The first-order valence-electron chi connectivity index (χ1n) is 6.13. The van der Waals surface area contributed by atoms with Crippen LogP contribution in [0.2, 0.25) is 0 Å². The highest BCUT2D eigenvalue weighted by Gasteiger charge is 2.28. The number of nitrogens with zero attached hydrogens (tertiary/aromatic N) is 1. The molecule has 1 atom stereocenters. The van der Waals surface area contributed by atoms with Crippen LogP contribution in [0, 0.1) is 5.92 Å². The number of hydrogen-bond donors (Lipinski definition) is 1. The van der Waals surface area contributed by atoms with Crippen LogP contribution < -0.4 is 0 Å². The summed E-state index contributed by atoms with van der Waals surface area (Å²) >= 11 is 0. The first kappa shape index (κ1) is 14.0. The molecule has 2 rings (SSSR count). The van der Waals surface area contributed by atoms with Gasteiger partial charge in [0.1, 0.15) is 0 Å². The van der Waals surface area contributed by atoms with Gasteiger partial charge in [-0.05, 0) is 36.5 Å². The third-order valence-corrected chi connectivity index (χ3v) is 4.69. The molecule has 0 amide bonds. The second kappa shape index (κ2) is 5.30. The largest absolute Gasteiger partial charge is 0.478 e. The van der Waals surface area contributed by atoms with Crippen molar-refractivity contribution < 1.29 is 18.3 Å². The average molecular weight is 283 g/mol. The molecule has 0 bridgehead atoms. The Hall–Kier alpha value is -1.40. The van der Waals surface area contributed by atoms with Gasteiger partial charge in [-0.1, -0.05) is 12.1 Å². The van der Waals surface area contributed by atoms with Gasteiger partial charge in [0.2, 0.25) is 10.0 Å². The molecule has 1 aliphatic heterocycles. The van der Waals surface area contributed by atoms with Crippen LogP contribution in [0.15, 0.2) is 24.3 Å². The summed E-state index contributed by atoms with van der Waals surface area (Å²) in [6, 6.07) is 6.83. The zero-order valence-corrected chi connectivity index (χ0v) is 11.6. The number of carboxylic acids is 1. The van der Waals surface area contributed by atoms with E-state index in [9.17, 15) is 13.2 Å². The molecular weight excluding hydrogens is 266 g/mol. The van der Waals surface area contributed by atoms with E-state index in [0.717, 1.165) is 12.0 Å². The van der Waals surface area contributed by atoms with Crippen molar-refractivity contribution in [2.45, 2.75) is 12.8 Å². The third kappa shape index (κ3) is 3.54. The van der Waals surface area contributed by atoms with Crippen molar-refractivity contribution in [3.63, 3.8) is 0 Å². The molecule has 0 radical (unpaired) electrons. The normalized spacial score (nSPS) is 20.6. The van der Waals surface area contributed by atoms with E-state index in [0.29, 0.717) is 19.5 Å². The lowest BCUT2D eigenvalue weighted by atomic mass is 9.97. The summed E-state index contributed by atoms with van der Waals surface area (Å²) < 4.78 is 24.3. The van der Waals surface area contributed by atoms with E-state index in [2.05, 4.69) is 0 Å². The van der Waals surface area contributed by atoms with Gasteiger partial charge in [-0.25, -0.2) is 17.5 Å². The average Bonchev–Trinajstić information content (AvgIpc) is 2.77. The minimum Gasteiger partial charge on any atom is -0.478 e. The van der Waals surface area contributed by atoms with Crippen molar-refractivity contribution in [2.24, 2.45) is 5.92 Å². The summed E-state index contributed by atoms with van der Waals surface area (Å²) in [4.78, 5) is 10.9. The van der Waals surface area contributed by atoms with E-state index in [1.807, 2.05) is 6.07 Å². The van der Waals surface area contributed by atoms with Gasteiger partial charge in [-0.2, -0.15) is 0 Å². The minimum atomic E-state index is -3.11. The van der Waals surface area contributed by atoms with Crippen LogP contribution in [0.25, 0.3) is 0 Å². The van der Waals surface area contributed by atoms with Gasteiger partial charge in [-0.15, -0.1) is 0 Å². The highest BCUT2D eigenvalue weighted by molar-refractivity contribution is 7.88. The van der Waals surface area contributed by atoms with Gasteiger partial charge in [0, 0.05) is 13.1 Å². The topological polar surface area (TPSA) is 74.7 Å². The maximum Gasteiger partial charge on any atom is 0.335 e. The predicted molar refractivity (Wildman–Crippen MR) is 71.6 cm³/mol. The smallest absolute Gasteiger partial charge is 0.335 e. The molecule has 0 saturated carbocycles. The van der Waals surface area contributed by atoms with Gasteiger partial charge >= 0.3 is 5.97 Å². The van der Waals surface area contributed by atoms with Crippen molar-refractivity contribution in [1.82, 2.24) is 4.31 Å². The molecular formula is C13H17NO4S. The molecule has 6 heteroatoms. The maximum atomic E-state index is 11.4. The Bertz CT molecular complexity index is 582. The zero-order chi connectivity index (χ0) is 14.0. The summed E-state index contributed by atoms with van der Waals surface area (Å²) in [6.07, 6.45) is 2.76. The highest BCUT2D eigenvalue weighted by atomic mass is 32.2. The number of rotatable bonds is 4. The number of aromatic carboxylic acids is 1. The standard InChI is InChI=1S/C13H17NO4S/c1-19(17,18)14-6-5-11(9-14)7-10-3-2-4-12(8-10)13(15)16/h2-4,8,11H,5-7,9H2,1H3,(H,15,16). The molecule has 19 heavy (non-hydrogen) atoms. The number of carboxylic acid groups (broad SMARTS) is 1. The van der Waals surface area contributed by atoms with Crippen molar-refractivity contribution in [3.8, 4) is 0 Å². The molecule has 0 aromatic heterocycles. The van der Waals surface area contributed by atoms with Gasteiger partial charge < -0.3 is 5.11 Å². The van der Waals surface area contributed by atoms with E-state index in [-0.39, 0.29) is 11.5 Å². The lowest BCUT2D eigenvalue weighted by molar-refractivity contribution is 0.0696. The SMILES string of the molecule is CS(=O)(=O)N1CCC(Cc2cccc(C(=O)O)c2)C1. The van der Waals surface area contributed by atoms with Gasteiger partial charge in [0.25, 0.3) is 0 Å². The molecule has 1 saturated heterocycles. The summed E-state index contributed by atoms with van der Waals surface area (Å²) in [5.41, 5.74) is 1.22. The molecule has 1 aromatic rings. The van der Waals surface area contributed by atoms with Crippen LogP contribution in [0.3, 0.4) is 0 Å². The Morgan fingerprint density at radius 2 is 2.21 bits per heavy atom. The van der Waals surface area contributed by atoms with Gasteiger partial charge in [0.05, 0.1) is 11.8 Å². The Labute approximate surface area is 112 Å². The van der Waals surface area contributed by atoms with E-state index >= 15 is 0 Å². The minimum absolute atomic E-state index is 0.263. The van der Waals surface area contributed by atoms with Crippen molar-refractivity contribution in [1.29, 1.82) is 0 Å². The molecule has 1 aromatic carbocycles. The highest BCUT2D eigenvalue weighted by Crippen LogP contribution is 2.23. The second-order valence-electron chi connectivity index (χ2n) is 4.99. The number of sulfonamides is 1. The van der Waals surface area contributed by atoms with Gasteiger partial charge in [0.15, 0.2) is 0 Å². The molecule has 1 heterocycles. The molecule has 1 unspecified atom stereocenters. The van der Waals surface area contributed by atoms with Crippen LogP contribution >= 0.6 is 0 Å². The van der Waals surface area contributed by atoms with Crippen molar-refractivity contribution >= 4 is 16.0 Å². The molecule has 104 valence electrons. The van der Waals surface area contributed by atoms with E-state index in [1.165, 1.54) is 10.6 Å². The number of benzene rings is 1. The molecule has 1 aliphatic rings. The number of carbonyl (C=O) groups is 1. The first-order chi connectivity index (χ1) is 8.86. The first-order valence-corrected chi connectivity index (χ1v) is 7.98. The summed E-state index contributed by atoms with van der Waals surface area (Å²) in [5.74, 6) is -0.676. The number of hydrogen-bond acceptors (Lipinski definition) is 3. The van der Waals surface area contributed by atoms with Crippen LogP contribution in [-0.4, -0.2) is 43.1 Å². The Morgan fingerprint density at radius 1 is 1.47 bits per heavy atom. The monoisotopic (exact) mass is 283 g/mol. The van der Waals surface area contributed by atoms with E-state index in [4.69, 9.17) is 5.11 Å². The maximum absolute atomic E-state index is 11.4. The lowest BCUT2D eigenvalue weighted by Gasteiger charge is -2.13. The third-order valence-electron chi connectivity index (χ3n) is 3.42. The fourth-order valence-electron chi connectivity index (χ4n) is 2.43. The molecule has 1 fully saturated rings.